The molecule has 0 bridgehead atoms. The van der Waals surface area contributed by atoms with Crippen molar-refractivity contribution in [2.45, 2.75) is 32.0 Å². The molecular weight excluding hydrogens is 454 g/mol. The molecule has 3 N–H and O–H groups in total. The molecular formula is C24H27N5O4S. The molecule has 0 saturated heterocycles. The third kappa shape index (κ3) is 6.22. The molecule has 2 aromatic carbocycles. The molecule has 34 heavy (non-hydrogen) atoms. The molecule has 10 heteroatoms. The van der Waals surface area contributed by atoms with Crippen LogP contribution in [0.1, 0.15) is 52.0 Å². The first-order chi connectivity index (χ1) is 16.2. The number of hydrogen-bond donors (Lipinski definition) is 3. The second-order valence-corrected chi connectivity index (χ2v) is 9.13. The molecule has 1 aromatic heterocycles. The van der Waals surface area contributed by atoms with E-state index in [2.05, 4.69) is 20.8 Å². The van der Waals surface area contributed by atoms with E-state index in [1.807, 2.05) is 39.0 Å². The molecule has 0 saturated carbocycles. The van der Waals surface area contributed by atoms with Crippen molar-refractivity contribution in [3.05, 3.63) is 71.0 Å². The summed E-state index contributed by atoms with van der Waals surface area (Å²) in [6.07, 6.45) is 0. The number of carboxylic acid groups (broad SMARTS) is 1. The van der Waals surface area contributed by atoms with Crippen LogP contribution < -0.4 is 10.6 Å². The maximum Gasteiger partial charge on any atom is 0.335 e. The number of benzene rings is 2. The Hall–Kier alpha value is -3.66. The second-order valence-electron chi connectivity index (χ2n) is 8.18. The zero-order valence-corrected chi connectivity index (χ0v) is 20.2. The predicted octanol–water partition coefficient (Wildman–Crippen LogP) is 3.68. The van der Waals surface area contributed by atoms with Gasteiger partial charge in [-0.05, 0) is 49.2 Å². The third-order valence-corrected chi connectivity index (χ3v) is 6.15. The number of anilines is 1. The van der Waals surface area contributed by atoms with E-state index >= 15 is 0 Å². The lowest BCUT2D eigenvalue weighted by Crippen LogP contribution is -2.33. The SMILES string of the molecule is Cc1cccc(C(=O)NC(c2nnc(SCC(=O)Nc3ccc(C(=O)O)cc3)n2C)C(C)C)c1. The summed E-state index contributed by atoms with van der Waals surface area (Å²) in [6, 6.07) is 13.0. The fraction of sp³-hybridized carbons (Fsp3) is 0.292. The van der Waals surface area contributed by atoms with Crippen LogP contribution in [0.15, 0.2) is 53.7 Å². The molecule has 0 aliphatic heterocycles. The van der Waals surface area contributed by atoms with Crippen molar-refractivity contribution in [1.82, 2.24) is 20.1 Å². The van der Waals surface area contributed by atoms with Gasteiger partial charge in [0.15, 0.2) is 11.0 Å². The zero-order valence-electron chi connectivity index (χ0n) is 19.4. The summed E-state index contributed by atoms with van der Waals surface area (Å²) in [5.74, 6) is -0.719. The summed E-state index contributed by atoms with van der Waals surface area (Å²) < 4.78 is 1.78. The molecule has 0 aliphatic carbocycles. The van der Waals surface area contributed by atoms with E-state index in [0.717, 1.165) is 5.56 Å². The Kier molecular flexibility index (Phi) is 8.06. The summed E-state index contributed by atoms with van der Waals surface area (Å²) in [6.45, 7) is 5.92. The topological polar surface area (TPSA) is 126 Å². The number of hydrogen-bond acceptors (Lipinski definition) is 6. The van der Waals surface area contributed by atoms with Crippen LogP contribution in [0, 0.1) is 12.8 Å². The van der Waals surface area contributed by atoms with Gasteiger partial charge in [0.05, 0.1) is 17.4 Å². The largest absolute Gasteiger partial charge is 0.478 e. The first-order valence-electron chi connectivity index (χ1n) is 10.7. The molecule has 1 heterocycles. The van der Waals surface area contributed by atoms with Gasteiger partial charge >= 0.3 is 5.97 Å². The molecule has 0 spiro atoms. The van der Waals surface area contributed by atoms with Crippen molar-refractivity contribution in [2.75, 3.05) is 11.1 Å². The Labute approximate surface area is 202 Å². The van der Waals surface area contributed by atoms with E-state index < -0.39 is 5.97 Å². The maximum atomic E-state index is 12.8. The quantitative estimate of drug-likeness (QED) is 0.398. The lowest BCUT2D eigenvalue weighted by Gasteiger charge is -2.21. The molecule has 9 nitrogen and oxygen atoms in total. The molecule has 0 radical (unpaired) electrons. The van der Waals surface area contributed by atoms with E-state index in [-0.39, 0.29) is 35.1 Å². The van der Waals surface area contributed by atoms with Crippen molar-refractivity contribution < 1.29 is 19.5 Å². The average Bonchev–Trinajstić information content (AvgIpc) is 3.16. The van der Waals surface area contributed by atoms with Gasteiger partial charge in [-0.25, -0.2) is 4.79 Å². The number of rotatable bonds is 9. The Morgan fingerprint density at radius 3 is 2.38 bits per heavy atom. The number of carbonyl (C=O) groups is 3. The van der Waals surface area contributed by atoms with Crippen LogP contribution in [0.2, 0.25) is 0 Å². The Bertz CT molecular complexity index is 1190. The lowest BCUT2D eigenvalue weighted by atomic mass is 10.0. The molecule has 2 amide bonds. The van der Waals surface area contributed by atoms with Crippen molar-refractivity contribution in [3.8, 4) is 0 Å². The van der Waals surface area contributed by atoms with Crippen molar-refractivity contribution in [3.63, 3.8) is 0 Å². The van der Waals surface area contributed by atoms with Crippen molar-refractivity contribution >= 4 is 35.2 Å². The monoisotopic (exact) mass is 481 g/mol. The van der Waals surface area contributed by atoms with Crippen LogP contribution >= 0.6 is 11.8 Å². The van der Waals surface area contributed by atoms with E-state index in [1.165, 1.54) is 36.0 Å². The summed E-state index contributed by atoms with van der Waals surface area (Å²) in [4.78, 5) is 36.1. The Balaban J connectivity index is 1.64. The molecule has 0 fully saturated rings. The van der Waals surface area contributed by atoms with Crippen LogP contribution in [-0.2, 0) is 11.8 Å². The van der Waals surface area contributed by atoms with Gasteiger partial charge in [-0.3, -0.25) is 9.59 Å². The fourth-order valence-corrected chi connectivity index (χ4v) is 4.00. The highest BCUT2D eigenvalue weighted by Crippen LogP contribution is 2.24. The van der Waals surface area contributed by atoms with Gasteiger partial charge in [0.2, 0.25) is 5.91 Å². The predicted molar refractivity (Wildman–Crippen MR) is 130 cm³/mol. The Morgan fingerprint density at radius 1 is 1.06 bits per heavy atom. The number of nitrogens with one attached hydrogen (secondary N) is 2. The number of thioether (sulfide) groups is 1. The normalized spacial score (nSPS) is 11.8. The van der Waals surface area contributed by atoms with Crippen LogP contribution in [0.3, 0.4) is 0 Å². The van der Waals surface area contributed by atoms with Gasteiger partial charge in [-0.1, -0.05) is 43.3 Å². The first kappa shape index (κ1) is 25.0. The molecule has 3 aromatic rings. The molecule has 0 aliphatic rings. The maximum absolute atomic E-state index is 12.8. The molecule has 178 valence electrons. The standard InChI is InChI=1S/C24H27N5O4S/c1-14(2)20(26-22(31)17-7-5-6-15(3)12-17)21-27-28-24(29(21)4)34-13-19(30)25-18-10-8-16(9-11-18)23(32)33/h5-12,14,20H,13H2,1-4H3,(H,25,30)(H,26,31)(H,32,33). The summed E-state index contributed by atoms with van der Waals surface area (Å²) >= 11 is 1.22. The van der Waals surface area contributed by atoms with Gasteiger partial charge in [-0.2, -0.15) is 0 Å². The first-order valence-corrected chi connectivity index (χ1v) is 11.7. The number of carboxylic acids is 1. The van der Waals surface area contributed by atoms with Gasteiger partial charge in [-0.15, -0.1) is 10.2 Å². The minimum Gasteiger partial charge on any atom is -0.478 e. The van der Waals surface area contributed by atoms with Crippen LogP contribution in [-0.4, -0.2) is 43.4 Å². The van der Waals surface area contributed by atoms with Gasteiger partial charge < -0.3 is 20.3 Å². The highest BCUT2D eigenvalue weighted by molar-refractivity contribution is 7.99. The Morgan fingerprint density at radius 2 is 1.76 bits per heavy atom. The zero-order chi connectivity index (χ0) is 24.8. The number of aromatic carboxylic acids is 1. The summed E-state index contributed by atoms with van der Waals surface area (Å²) in [5.41, 5.74) is 2.24. The van der Waals surface area contributed by atoms with Crippen LogP contribution in [0.5, 0.6) is 0 Å². The van der Waals surface area contributed by atoms with Gasteiger partial charge in [0, 0.05) is 18.3 Å². The average molecular weight is 482 g/mol. The highest BCUT2D eigenvalue weighted by atomic mass is 32.2. The number of aryl methyl sites for hydroxylation is 1. The van der Waals surface area contributed by atoms with E-state index in [4.69, 9.17) is 5.11 Å². The second kappa shape index (κ2) is 11.0. The fourth-order valence-electron chi connectivity index (χ4n) is 3.29. The minimum atomic E-state index is -1.03. The van der Waals surface area contributed by atoms with E-state index in [0.29, 0.717) is 22.2 Å². The van der Waals surface area contributed by atoms with Crippen LogP contribution in [0.4, 0.5) is 5.69 Å². The van der Waals surface area contributed by atoms with Crippen molar-refractivity contribution in [2.24, 2.45) is 13.0 Å². The van der Waals surface area contributed by atoms with E-state index in [9.17, 15) is 14.4 Å². The summed E-state index contributed by atoms with van der Waals surface area (Å²) in [5, 5.41) is 23.8. The van der Waals surface area contributed by atoms with E-state index in [1.54, 1.807) is 17.7 Å². The number of amides is 2. The molecule has 1 atom stereocenters. The van der Waals surface area contributed by atoms with Crippen molar-refractivity contribution in [1.29, 1.82) is 0 Å². The van der Waals surface area contributed by atoms with Gasteiger partial charge in [0.1, 0.15) is 0 Å². The third-order valence-electron chi connectivity index (χ3n) is 5.13. The highest BCUT2D eigenvalue weighted by Gasteiger charge is 2.25. The van der Waals surface area contributed by atoms with Crippen LogP contribution in [0.25, 0.3) is 0 Å². The molecule has 1 unspecified atom stereocenters. The lowest BCUT2D eigenvalue weighted by molar-refractivity contribution is -0.113. The number of aromatic nitrogens is 3. The number of nitrogens with zero attached hydrogens (tertiary/aromatic N) is 3. The molecule has 3 rings (SSSR count). The smallest absolute Gasteiger partial charge is 0.335 e. The summed E-state index contributed by atoms with van der Waals surface area (Å²) in [7, 11) is 1.80. The minimum absolute atomic E-state index is 0.0616. The van der Waals surface area contributed by atoms with Gasteiger partial charge in [0.25, 0.3) is 5.91 Å². The number of carbonyl (C=O) groups excluding carboxylic acids is 2.